The number of hydrogen-bond donors (Lipinski definition) is 2. The molecule has 0 radical (unpaired) electrons. The summed E-state index contributed by atoms with van der Waals surface area (Å²) < 4.78 is 26.3. The summed E-state index contributed by atoms with van der Waals surface area (Å²) in [6.45, 7) is 2.00. The lowest BCUT2D eigenvalue weighted by Gasteiger charge is -2.06. The van der Waals surface area contributed by atoms with Gasteiger partial charge in [-0.05, 0) is 35.9 Å². The molecule has 1 amide bonds. The summed E-state index contributed by atoms with van der Waals surface area (Å²) >= 11 is 7.54. The molecule has 146 valence electrons. The van der Waals surface area contributed by atoms with Gasteiger partial charge in [0, 0.05) is 34.6 Å². The second-order valence-electron chi connectivity index (χ2n) is 5.88. The number of nitrogens with zero attached hydrogens (tertiary/aromatic N) is 1. The highest BCUT2D eigenvalue weighted by atomic mass is 35.5. The van der Waals surface area contributed by atoms with Crippen LogP contribution in [0.2, 0.25) is 5.02 Å². The van der Waals surface area contributed by atoms with E-state index in [0.717, 1.165) is 10.4 Å². The SMILES string of the molecule is CCNS(=O)(=O)c1ccc(C(=O)Nc2ncc(Cc3ccccc3Cl)s2)cc1. The summed E-state index contributed by atoms with van der Waals surface area (Å²) in [6.07, 6.45) is 2.33. The number of benzene rings is 2. The fourth-order valence-corrected chi connectivity index (χ4v) is 4.58. The van der Waals surface area contributed by atoms with Crippen LogP contribution >= 0.6 is 22.9 Å². The molecule has 0 aliphatic carbocycles. The lowest BCUT2D eigenvalue weighted by molar-refractivity contribution is 0.102. The number of carbonyl (C=O) groups excluding carboxylic acids is 1. The summed E-state index contributed by atoms with van der Waals surface area (Å²) in [5.41, 5.74) is 1.33. The van der Waals surface area contributed by atoms with Crippen molar-refractivity contribution in [3.8, 4) is 0 Å². The highest BCUT2D eigenvalue weighted by Gasteiger charge is 2.15. The van der Waals surface area contributed by atoms with Crippen molar-refractivity contribution in [3.63, 3.8) is 0 Å². The third kappa shape index (κ3) is 4.96. The molecule has 9 heteroatoms. The summed E-state index contributed by atoms with van der Waals surface area (Å²) in [6, 6.07) is 13.3. The van der Waals surface area contributed by atoms with Gasteiger partial charge < -0.3 is 0 Å². The standard InChI is InChI=1S/C19H18ClN3O3S2/c1-2-22-28(25,26)16-9-7-13(8-10-16)18(24)23-19-21-12-15(27-19)11-14-5-3-4-6-17(14)20/h3-10,12,22H,2,11H2,1H3,(H,21,23,24). The molecule has 1 aromatic heterocycles. The molecule has 28 heavy (non-hydrogen) atoms. The largest absolute Gasteiger partial charge is 0.298 e. The van der Waals surface area contributed by atoms with Gasteiger partial charge in [-0.15, -0.1) is 11.3 Å². The summed E-state index contributed by atoms with van der Waals surface area (Å²) in [5, 5.41) is 3.89. The van der Waals surface area contributed by atoms with Gasteiger partial charge in [0.1, 0.15) is 0 Å². The van der Waals surface area contributed by atoms with Crippen LogP contribution in [-0.2, 0) is 16.4 Å². The summed E-state index contributed by atoms with van der Waals surface area (Å²) in [7, 11) is -3.54. The predicted octanol–water partition coefficient (Wildman–Crippen LogP) is 3.94. The third-order valence-corrected chi connectivity index (χ3v) is 6.70. The van der Waals surface area contributed by atoms with Gasteiger partial charge in [-0.2, -0.15) is 0 Å². The fourth-order valence-electron chi connectivity index (χ4n) is 2.50. The molecule has 6 nitrogen and oxygen atoms in total. The van der Waals surface area contributed by atoms with E-state index in [9.17, 15) is 13.2 Å². The van der Waals surface area contributed by atoms with E-state index in [1.807, 2.05) is 24.3 Å². The molecular formula is C19H18ClN3O3S2. The first-order chi connectivity index (χ1) is 13.4. The molecule has 2 N–H and O–H groups in total. The molecule has 0 aliphatic heterocycles. The van der Waals surface area contributed by atoms with Gasteiger partial charge in [0.05, 0.1) is 4.90 Å². The Hall–Kier alpha value is -2.26. The van der Waals surface area contributed by atoms with Crippen molar-refractivity contribution < 1.29 is 13.2 Å². The Balaban J connectivity index is 1.67. The van der Waals surface area contributed by atoms with Crippen molar-refractivity contribution in [2.75, 3.05) is 11.9 Å². The average Bonchev–Trinajstić information content (AvgIpc) is 3.10. The number of carbonyl (C=O) groups is 1. The van der Waals surface area contributed by atoms with Gasteiger partial charge in [0.2, 0.25) is 10.0 Å². The zero-order valence-corrected chi connectivity index (χ0v) is 17.4. The minimum atomic E-state index is -3.54. The van der Waals surface area contributed by atoms with Crippen LogP contribution in [0, 0.1) is 0 Å². The maximum Gasteiger partial charge on any atom is 0.257 e. The maximum atomic E-state index is 12.4. The van der Waals surface area contributed by atoms with Gasteiger partial charge >= 0.3 is 0 Å². The molecule has 0 atom stereocenters. The van der Waals surface area contributed by atoms with Gasteiger partial charge in [-0.25, -0.2) is 18.1 Å². The van der Waals surface area contributed by atoms with E-state index in [4.69, 9.17) is 11.6 Å². The van der Waals surface area contributed by atoms with Crippen molar-refractivity contribution in [2.45, 2.75) is 18.2 Å². The monoisotopic (exact) mass is 435 g/mol. The van der Waals surface area contributed by atoms with Crippen LogP contribution in [0.4, 0.5) is 5.13 Å². The van der Waals surface area contributed by atoms with E-state index in [1.54, 1.807) is 13.1 Å². The molecule has 0 aliphatic rings. The number of nitrogens with one attached hydrogen (secondary N) is 2. The predicted molar refractivity (Wildman–Crippen MR) is 112 cm³/mol. The van der Waals surface area contributed by atoms with Gasteiger partial charge in [-0.1, -0.05) is 36.7 Å². The van der Waals surface area contributed by atoms with E-state index < -0.39 is 10.0 Å². The second kappa shape index (κ2) is 8.83. The van der Waals surface area contributed by atoms with E-state index in [-0.39, 0.29) is 10.8 Å². The van der Waals surface area contributed by atoms with Crippen LogP contribution < -0.4 is 10.0 Å². The Labute approximate surface area is 172 Å². The van der Waals surface area contributed by atoms with E-state index in [2.05, 4.69) is 15.0 Å². The van der Waals surface area contributed by atoms with Crippen molar-refractivity contribution in [2.24, 2.45) is 0 Å². The van der Waals surface area contributed by atoms with Crippen LogP contribution in [0.5, 0.6) is 0 Å². The molecule has 0 spiro atoms. The molecule has 2 aromatic carbocycles. The molecule has 1 heterocycles. The lowest BCUT2D eigenvalue weighted by atomic mass is 10.1. The molecule has 0 unspecified atom stereocenters. The number of sulfonamides is 1. The molecule has 0 fully saturated rings. The van der Waals surface area contributed by atoms with Gasteiger partial charge in [0.25, 0.3) is 5.91 Å². The number of rotatable bonds is 7. The second-order valence-corrected chi connectivity index (χ2v) is 9.17. The van der Waals surface area contributed by atoms with Crippen molar-refractivity contribution >= 4 is 44.0 Å². The Morgan fingerprint density at radius 3 is 2.54 bits per heavy atom. The molecular weight excluding hydrogens is 418 g/mol. The molecule has 3 aromatic rings. The van der Waals surface area contributed by atoms with Crippen LogP contribution in [-0.4, -0.2) is 25.9 Å². The highest BCUT2D eigenvalue weighted by Crippen LogP contribution is 2.25. The van der Waals surface area contributed by atoms with Crippen LogP contribution in [0.15, 0.2) is 59.6 Å². The van der Waals surface area contributed by atoms with Crippen molar-refractivity contribution in [1.82, 2.24) is 9.71 Å². The van der Waals surface area contributed by atoms with E-state index >= 15 is 0 Å². The summed E-state index contributed by atoms with van der Waals surface area (Å²) in [4.78, 5) is 17.7. The number of thiazole rings is 1. The van der Waals surface area contributed by atoms with Gasteiger partial charge in [-0.3, -0.25) is 10.1 Å². The fraction of sp³-hybridized carbons (Fsp3) is 0.158. The van der Waals surface area contributed by atoms with Gasteiger partial charge in [0.15, 0.2) is 5.13 Å². The van der Waals surface area contributed by atoms with E-state index in [0.29, 0.717) is 28.7 Å². The third-order valence-electron chi connectivity index (χ3n) is 3.86. The van der Waals surface area contributed by atoms with Crippen molar-refractivity contribution in [3.05, 3.63) is 75.8 Å². The zero-order valence-electron chi connectivity index (χ0n) is 15.0. The summed E-state index contributed by atoms with van der Waals surface area (Å²) in [5.74, 6) is -0.356. The normalized spacial score (nSPS) is 11.4. The van der Waals surface area contributed by atoms with Crippen LogP contribution in [0.25, 0.3) is 0 Å². The number of aromatic nitrogens is 1. The minimum absolute atomic E-state index is 0.113. The zero-order chi connectivity index (χ0) is 20.1. The average molecular weight is 436 g/mol. The number of anilines is 1. The van der Waals surface area contributed by atoms with E-state index in [1.165, 1.54) is 35.6 Å². The van der Waals surface area contributed by atoms with Crippen molar-refractivity contribution in [1.29, 1.82) is 0 Å². The first kappa shape index (κ1) is 20.5. The molecule has 0 saturated heterocycles. The topological polar surface area (TPSA) is 88.2 Å². The Bertz CT molecular complexity index is 1080. The highest BCUT2D eigenvalue weighted by molar-refractivity contribution is 7.89. The lowest BCUT2D eigenvalue weighted by Crippen LogP contribution is -2.23. The Morgan fingerprint density at radius 2 is 1.86 bits per heavy atom. The number of halogens is 1. The molecule has 0 bridgehead atoms. The molecule has 3 rings (SSSR count). The quantitative estimate of drug-likeness (QED) is 0.588. The van der Waals surface area contributed by atoms with Crippen LogP contribution in [0.3, 0.4) is 0 Å². The Kier molecular flexibility index (Phi) is 6.46. The maximum absolute atomic E-state index is 12.4. The first-order valence-electron chi connectivity index (χ1n) is 8.48. The molecule has 0 saturated carbocycles. The number of amides is 1. The Morgan fingerprint density at radius 1 is 1.14 bits per heavy atom. The number of hydrogen-bond acceptors (Lipinski definition) is 5. The smallest absolute Gasteiger partial charge is 0.257 e. The minimum Gasteiger partial charge on any atom is -0.298 e. The first-order valence-corrected chi connectivity index (χ1v) is 11.2. The van der Waals surface area contributed by atoms with Crippen LogP contribution in [0.1, 0.15) is 27.7 Å².